The van der Waals surface area contributed by atoms with Gasteiger partial charge in [0.2, 0.25) is 0 Å². The number of rotatable bonds is 7. The van der Waals surface area contributed by atoms with E-state index in [-0.39, 0.29) is 34.9 Å². The molecule has 4 aromatic rings. The van der Waals surface area contributed by atoms with Crippen LogP contribution in [0.15, 0.2) is 83.9 Å². The minimum Gasteiger partial charge on any atom is -0.404 e. The highest BCUT2D eigenvalue weighted by Crippen LogP contribution is 2.34. The van der Waals surface area contributed by atoms with Crippen LogP contribution in [0.2, 0.25) is 0 Å². The molecule has 13 heteroatoms. The molecule has 1 N–H and O–H groups in total. The Hall–Kier alpha value is -4.23. The van der Waals surface area contributed by atoms with Gasteiger partial charge in [0.1, 0.15) is 10.7 Å². The Bertz CT molecular complexity index is 1690. The molecule has 0 unspecified atom stereocenters. The Labute approximate surface area is 233 Å². The van der Waals surface area contributed by atoms with Crippen LogP contribution in [0, 0.1) is 5.82 Å². The van der Waals surface area contributed by atoms with Crippen molar-refractivity contribution in [3.8, 4) is 5.75 Å². The summed E-state index contributed by atoms with van der Waals surface area (Å²) in [6, 6.07) is 17.2. The number of ether oxygens (including phenoxy) is 1. The lowest BCUT2D eigenvalue weighted by Crippen LogP contribution is -2.48. The van der Waals surface area contributed by atoms with Crippen LogP contribution in [0.1, 0.15) is 15.9 Å². The third-order valence-corrected chi connectivity index (χ3v) is 7.99. The minimum absolute atomic E-state index is 0.110. The van der Waals surface area contributed by atoms with E-state index >= 15 is 0 Å². The van der Waals surface area contributed by atoms with E-state index in [9.17, 15) is 30.8 Å². The van der Waals surface area contributed by atoms with Gasteiger partial charge in [-0.3, -0.25) is 19.4 Å². The van der Waals surface area contributed by atoms with E-state index in [0.29, 0.717) is 30.6 Å². The normalized spacial score (nSPS) is 14.7. The smallest absolute Gasteiger partial charge is 0.404 e. The first-order chi connectivity index (χ1) is 19.5. The second-order valence-corrected chi connectivity index (χ2v) is 11.0. The van der Waals surface area contributed by atoms with E-state index in [1.54, 1.807) is 36.4 Å². The molecule has 214 valence electrons. The number of alkyl halides is 3. The fraction of sp³-hybridized carbons (Fsp3) is 0.214. The topological polar surface area (TPSA) is 91.8 Å². The predicted octanol–water partition coefficient (Wildman–Crippen LogP) is 5.03. The van der Waals surface area contributed by atoms with E-state index in [2.05, 4.69) is 14.4 Å². The van der Waals surface area contributed by atoms with Crippen LogP contribution in [0.3, 0.4) is 0 Å². The molecule has 0 aliphatic carbocycles. The molecule has 8 nitrogen and oxygen atoms in total. The van der Waals surface area contributed by atoms with Gasteiger partial charge in [0.05, 0.1) is 11.2 Å². The molecule has 0 radical (unpaired) electrons. The van der Waals surface area contributed by atoms with Gasteiger partial charge < -0.3 is 9.64 Å². The standard InChI is InChI=1S/C28H24F4N4O4S/c29-22-8-2-1-5-21(22)18-35-13-15-36(16-14-35)27(37)20-10-11-23(24(17-20)40-28(30,31)32)34-41(38,39)25-9-3-6-19-7-4-12-33-26(19)25/h1-12,17,34H,13-16,18H2. The summed E-state index contributed by atoms with van der Waals surface area (Å²) in [6.45, 7) is 1.77. The zero-order valence-electron chi connectivity index (χ0n) is 21.4. The maximum Gasteiger partial charge on any atom is 0.573 e. The summed E-state index contributed by atoms with van der Waals surface area (Å²) in [5.41, 5.74) is 0.0587. The molecule has 3 aromatic carbocycles. The molecule has 1 saturated heterocycles. The number of nitrogens with zero attached hydrogens (tertiary/aromatic N) is 3. The molecule has 1 aliphatic heterocycles. The molecule has 41 heavy (non-hydrogen) atoms. The number of anilines is 1. The van der Waals surface area contributed by atoms with Crippen molar-refractivity contribution in [3.05, 3.63) is 95.9 Å². The average molecular weight is 589 g/mol. The number of piperazine rings is 1. The maximum absolute atomic E-state index is 14.0. The van der Waals surface area contributed by atoms with E-state index in [1.165, 1.54) is 35.4 Å². The molecule has 0 saturated carbocycles. The van der Waals surface area contributed by atoms with Crippen molar-refractivity contribution in [1.82, 2.24) is 14.8 Å². The minimum atomic E-state index is -5.15. The maximum atomic E-state index is 14.0. The first kappa shape index (κ1) is 28.3. The van der Waals surface area contributed by atoms with Crippen molar-refractivity contribution in [2.75, 3.05) is 30.9 Å². The Morgan fingerprint density at radius 2 is 1.68 bits per heavy atom. The summed E-state index contributed by atoms with van der Waals surface area (Å²) in [4.78, 5) is 20.5. The van der Waals surface area contributed by atoms with Gasteiger partial charge in [-0.2, -0.15) is 0 Å². The number of aromatic nitrogens is 1. The number of carbonyl (C=O) groups is 1. The van der Waals surface area contributed by atoms with E-state index < -0.39 is 33.7 Å². The van der Waals surface area contributed by atoms with Crippen molar-refractivity contribution >= 4 is 32.5 Å². The van der Waals surface area contributed by atoms with Crippen LogP contribution in [0.5, 0.6) is 5.75 Å². The van der Waals surface area contributed by atoms with Gasteiger partial charge >= 0.3 is 6.36 Å². The van der Waals surface area contributed by atoms with Crippen LogP contribution in [-0.2, 0) is 16.6 Å². The van der Waals surface area contributed by atoms with Crippen molar-refractivity contribution < 1.29 is 35.5 Å². The van der Waals surface area contributed by atoms with Crippen molar-refractivity contribution in [3.63, 3.8) is 0 Å². The highest BCUT2D eigenvalue weighted by molar-refractivity contribution is 7.93. The van der Waals surface area contributed by atoms with Crippen molar-refractivity contribution in [1.29, 1.82) is 0 Å². The monoisotopic (exact) mass is 588 g/mol. The molecule has 1 aromatic heterocycles. The molecule has 0 spiro atoms. The summed E-state index contributed by atoms with van der Waals surface area (Å²) in [5, 5.41) is 0.525. The van der Waals surface area contributed by atoms with Gasteiger partial charge in [0, 0.05) is 55.4 Å². The number of hydrogen-bond acceptors (Lipinski definition) is 6. The van der Waals surface area contributed by atoms with Gasteiger partial charge in [-0.05, 0) is 36.4 Å². The number of nitrogens with one attached hydrogen (secondary N) is 1. The van der Waals surface area contributed by atoms with Gasteiger partial charge in [-0.15, -0.1) is 13.2 Å². The summed E-state index contributed by atoms with van der Waals surface area (Å²) < 4.78 is 86.5. The average Bonchev–Trinajstić information content (AvgIpc) is 2.94. The van der Waals surface area contributed by atoms with Gasteiger partial charge in [-0.1, -0.05) is 36.4 Å². The lowest BCUT2D eigenvalue weighted by Gasteiger charge is -2.35. The number of fused-ring (bicyclic) bond motifs is 1. The van der Waals surface area contributed by atoms with Crippen LogP contribution in [-0.4, -0.2) is 61.7 Å². The summed E-state index contributed by atoms with van der Waals surface area (Å²) in [6.07, 6.45) is -3.75. The molecule has 1 fully saturated rings. The number of sulfonamides is 1. The number of pyridine rings is 1. The lowest BCUT2D eigenvalue weighted by molar-refractivity contribution is -0.274. The molecule has 5 rings (SSSR count). The zero-order chi connectivity index (χ0) is 29.2. The second-order valence-electron chi connectivity index (χ2n) is 9.36. The van der Waals surface area contributed by atoms with E-state index in [1.807, 2.05) is 4.90 Å². The summed E-state index contributed by atoms with van der Waals surface area (Å²) in [7, 11) is -4.39. The summed E-state index contributed by atoms with van der Waals surface area (Å²) in [5.74, 6) is -1.75. The molecule has 2 heterocycles. The van der Waals surface area contributed by atoms with Gasteiger partial charge in [0.25, 0.3) is 15.9 Å². The number of carbonyl (C=O) groups excluding carboxylic acids is 1. The van der Waals surface area contributed by atoms with Crippen molar-refractivity contribution in [2.24, 2.45) is 0 Å². The molecule has 1 aliphatic rings. The fourth-order valence-electron chi connectivity index (χ4n) is 4.60. The first-order valence-electron chi connectivity index (χ1n) is 12.5. The molecule has 0 atom stereocenters. The Balaban J connectivity index is 1.35. The Morgan fingerprint density at radius 1 is 0.951 bits per heavy atom. The number of para-hydroxylation sites is 1. The quantitative estimate of drug-likeness (QED) is 0.305. The fourth-order valence-corrected chi connectivity index (χ4v) is 5.85. The van der Waals surface area contributed by atoms with Gasteiger partial charge in [-0.25, -0.2) is 12.8 Å². The first-order valence-corrected chi connectivity index (χ1v) is 14.0. The Morgan fingerprint density at radius 3 is 2.41 bits per heavy atom. The highest BCUT2D eigenvalue weighted by atomic mass is 32.2. The lowest BCUT2D eigenvalue weighted by atomic mass is 10.1. The predicted molar refractivity (Wildman–Crippen MR) is 143 cm³/mol. The zero-order valence-corrected chi connectivity index (χ0v) is 22.3. The number of benzene rings is 3. The SMILES string of the molecule is O=C(c1ccc(NS(=O)(=O)c2cccc3cccnc23)c(OC(F)(F)F)c1)N1CCN(Cc2ccccc2F)CC1. The van der Waals surface area contributed by atoms with Crippen LogP contribution < -0.4 is 9.46 Å². The second kappa shape index (κ2) is 11.3. The van der Waals surface area contributed by atoms with Crippen molar-refractivity contribution in [2.45, 2.75) is 17.8 Å². The molecule has 0 bridgehead atoms. The Kier molecular flexibility index (Phi) is 7.82. The van der Waals surface area contributed by atoms with Crippen LogP contribution in [0.4, 0.5) is 23.2 Å². The third kappa shape index (κ3) is 6.57. The van der Waals surface area contributed by atoms with E-state index in [4.69, 9.17) is 0 Å². The number of halogens is 4. The largest absolute Gasteiger partial charge is 0.573 e. The number of hydrogen-bond donors (Lipinski definition) is 1. The van der Waals surface area contributed by atoms with Crippen LogP contribution in [0.25, 0.3) is 10.9 Å². The molecular formula is C28H24F4N4O4S. The van der Waals surface area contributed by atoms with Gasteiger partial charge in [0.15, 0.2) is 5.75 Å². The molecule has 1 amide bonds. The highest BCUT2D eigenvalue weighted by Gasteiger charge is 2.34. The summed E-state index contributed by atoms with van der Waals surface area (Å²) >= 11 is 0. The van der Waals surface area contributed by atoms with E-state index in [0.717, 1.165) is 12.1 Å². The number of amides is 1. The van der Waals surface area contributed by atoms with Crippen LogP contribution >= 0.6 is 0 Å². The third-order valence-electron chi connectivity index (χ3n) is 6.60. The molecular weight excluding hydrogens is 564 g/mol.